The van der Waals surface area contributed by atoms with Crippen molar-refractivity contribution in [1.82, 2.24) is 5.32 Å². The summed E-state index contributed by atoms with van der Waals surface area (Å²) in [4.78, 5) is 11.4. The Labute approximate surface area is 101 Å². The summed E-state index contributed by atoms with van der Waals surface area (Å²) < 4.78 is 5.54. The molecule has 0 fully saturated rings. The third-order valence-electron chi connectivity index (χ3n) is 2.65. The van der Waals surface area contributed by atoms with Crippen molar-refractivity contribution in [3.8, 4) is 0 Å². The number of carbonyl (C=O) groups is 1. The summed E-state index contributed by atoms with van der Waals surface area (Å²) in [6.07, 6.45) is 0. The predicted molar refractivity (Wildman–Crippen MR) is 64.5 cm³/mol. The fraction of sp³-hybridized carbons (Fsp3) is 0.583. The molecule has 5 heteroatoms. The Morgan fingerprint density at radius 2 is 2.24 bits per heavy atom. The van der Waals surface area contributed by atoms with Gasteiger partial charge in [0, 0.05) is 12.0 Å². The third-order valence-corrected chi connectivity index (χ3v) is 2.65. The maximum absolute atomic E-state index is 11.4. The molecule has 4 N–H and O–H groups in total. The van der Waals surface area contributed by atoms with Crippen LogP contribution < -0.4 is 11.1 Å². The van der Waals surface area contributed by atoms with Gasteiger partial charge in [-0.05, 0) is 19.1 Å². The van der Waals surface area contributed by atoms with Gasteiger partial charge in [-0.2, -0.15) is 0 Å². The molecular formula is C12H20N2O3. The van der Waals surface area contributed by atoms with Gasteiger partial charge in [0.1, 0.15) is 17.6 Å². The lowest BCUT2D eigenvalue weighted by atomic mass is 9.90. The van der Waals surface area contributed by atoms with Gasteiger partial charge < -0.3 is 20.6 Å². The normalized spacial score (nSPS) is 13.5. The van der Waals surface area contributed by atoms with Crippen LogP contribution in [0, 0.1) is 6.92 Å². The lowest BCUT2D eigenvalue weighted by Crippen LogP contribution is -2.46. The topological polar surface area (TPSA) is 88.5 Å². The van der Waals surface area contributed by atoms with E-state index in [4.69, 9.17) is 15.3 Å². The van der Waals surface area contributed by atoms with Gasteiger partial charge in [-0.1, -0.05) is 13.8 Å². The zero-order valence-electron chi connectivity index (χ0n) is 10.5. The Bertz CT molecular complexity index is 385. The van der Waals surface area contributed by atoms with Crippen molar-refractivity contribution in [2.24, 2.45) is 5.73 Å². The van der Waals surface area contributed by atoms with Crippen LogP contribution in [0.2, 0.25) is 0 Å². The molecule has 0 radical (unpaired) electrons. The molecular weight excluding hydrogens is 220 g/mol. The molecule has 1 unspecified atom stereocenters. The third kappa shape index (κ3) is 3.57. The van der Waals surface area contributed by atoms with Crippen LogP contribution in [-0.2, 0) is 10.2 Å². The minimum atomic E-state index is -0.871. The minimum absolute atomic E-state index is 0.306. The highest BCUT2D eigenvalue weighted by molar-refractivity contribution is 5.81. The Morgan fingerprint density at radius 3 is 2.71 bits per heavy atom. The zero-order chi connectivity index (χ0) is 13.1. The van der Waals surface area contributed by atoms with Gasteiger partial charge >= 0.3 is 0 Å². The fourth-order valence-electron chi connectivity index (χ4n) is 1.41. The molecule has 0 saturated heterocycles. The number of furan rings is 1. The summed E-state index contributed by atoms with van der Waals surface area (Å²) in [5.74, 6) is 1.29. The van der Waals surface area contributed by atoms with E-state index in [-0.39, 0.29) is 17.9 Å². The number of aryl methyl sites for hydroxylation is 1. The van der Waals surface area contributed by atoms with Crippen LogP contribution in [-0.4, -0.2) is 30.2 Å². The van der Waals surface area contributed by atoms with Crippen molar-refractivity contribution in [1.29, 1.82) is 0 Å². The lowest BCUT2D eigenvalue weighted by Gasteiger charge is -2.23. The number of carbonyl (C=O) groups excluding carboxylic acids is 1. The number of aliphatic hydroxyl groups excluding tert-OH is 1. The van der Waals surface area contributed by atoms with Crippen molar-refractivity contribution in [3.05, 3.63) is 23.7 Å². The SMILES string of the molecule is Cc1ccc(C(C)(C)CNC(=O)C(N)CO)o1. The smallest absolute Gasteiger partial charge is 0.239 e. The van der Waals surface area contributed by atoms with Crippen molar-refractivity contribution >= 4 is 5.91 Å². The second-order valence-corrected chi connectivity index (χ2v) is 4.80. The molecule has 0 aliphatic carbocycles. The molecule has 1 heterocycles. The second-order valence-electron chi connectivity index (χ2n) is 4.80. The van der Waals surface area contributed by atoms with Crippen LogP contribution >= 0.6 is 0 Å². The Balaban J connectivity index is 2.59. The first-order valence-electron chi connectivity index (χ1n) is 5.58. The molecule has 0 aromatic carbocycles. The number of hydrogen-bond donors (Lipinski definition) is 3. The first-order valence-corrected chi connectivity index (χ1v) is 5.58. The number of nitrogens with one attached hydrogen (secondary N) is 1. The van der Waals surface area contributed by atoms with Gasteiger partial charge in [0.15, 0.2) is 0 Å². The van der Waals surface area contributed by atoms with E-state index in [1.165, 1.54) is 0 Å². The van der Waals surface area contributed by atoms with Gasteiger partial charge in [0.25, 0.3) is 0 Å². The molecule has 0 aliphatic rings. The molecule has 1 atom stereocenters. The van der Waals surface area contributed by atoms with Crippen LogP contribution in [0.15, 0.2) is 16.5 Å². The summed E-state index contributed by atoms with van der Waals surface area (Å²) in [6, 6.07) is 2.91. The number of hydrogen-bond acceptors (Lipinski definition) is 4. The molecule has 1 aromatic rings. The quantitative estimate of drug-likeness (QED) is 0.690. The van der Waals surface area contributed by atoms with Gasteiger partial charge in [-0.15, -0.1) is 0 Å². The van der Waals surface area contributed by atoms with Crippen molar-refractivity contribution in [2.75, 3.05) is 13.2 Å². The van der Waals surface area contributed by atoms with Crippen molar-refractivity contribution in [3.63, 3.8) is 0 Å². The van der Waals surface area contributed by atoms with E-state index in [1.54, 1.807) is 0 Å². The van der Waals surface area contributed by atoms with E-state index in [2.05, 4.69) is 5.32 Å². The molecule has 1 aromatic heterocycles. The first-order chi connectivity index (χ1) is 7.86. The fourth-order valence-corrected chi connectivity index (χ4v) is 1.41. The maximum Gasteiger partial charge on any atom is 0.239 e. The molecule has 1 rings (SSSR count). The summed E-state index contributed by atoms with van der Waals surface area (Å²) in [7, 11) is 0. The monoisotopic (exact) mass is 240 g/mol. The minimum Gasteiger partial charge on any atom is -0.466 e. The summed E-state index contributed by atoms with van der Waals surface area (Å²) in [6.45, 7) is 5.87. The second kappa shape index (κ2) is 5.33. The average Bonchev–Trinajstić information content (AvgIpc) is 2.72. The molecule has 0 aliphatic heterocycles. The summed E-state index contributed by atoms with van der Waals surface area (Å²) >= 11 is 0. The molecule has 0 spiro atoms. The average molecular weight is 240 g/mol. The van der Waals surface area contributed by atoms with Crippen molar-refractivity contribution < 1.29 is 14.3 Å². The Kier molecular flexibility index (Phi) is 4.31. The van der Waals surface area contributed by atoms with Crippen LogP contribution in [0.5, 0.6) is 0 Å². The predicted octanol–water partition coefficient (Wildman–Crippen LogP) is 0.301. The van der Waals surface area contributed by atoms with Gasteiger partial charge in [0.2, 0.25) is 5.91 Å². The molecule has 5 nitrogen and oxygen atoms in total. The highest BCUT2D eigenvalue weighted by Gasteiger charge is 2.25. The van der Waals surface area contributed by atoms with Crippen LogP contribution in [0.3, 0.4) is 0 Å². The molecule has 0 saturated carbocycles. The largest absolute Gasteiger partial charge is 0.466 e. The van der Waals surface area contributed by atoms with E-state index in [9.17, 15) is 4.79 Å². The standard InChI is InChI=1S/C12H20N2O3/c1-8-4-5-10(17-8)12(2,3)7-14-11(16)9(13)6-15/h4-5,9,15H,6-7,13H2,1-3H3,(H,14,16). The highest BCUT2D eigenvalue weighted by Crippen LogP contribution is 2.24. The van der Waals surface area contributed by atoms with Gasteiger partial charge in [-0.25, -0.2) is 0 Å². The van der Waals surface area contributed by atoms with Gasteiger partial charge in [-0.3, -0.25) is 4.79 Å². The van der Waals surface area contributed by atoms with Crippen LogP contribution in [0.4, 0.5) is 0 Å². The van der Waals surface area contributed by atoms with E-state index < -0.39 is 6.04 Å². The Hall–Kier alpha value is -1.33. The van der Waals surface area contributed by atoms with E-state index in [1.807, 2.05) is 32.9 Å². The number of rotatable bonds is 5. The van der Waals surface area contributed by atoms with Crippen molar-refractivity contribution in [2.45, 2.75) is 32.2 Å². The lowest BCUT2D eigenvalue weighted by molar-refractivity contribution is -0.123. The van der Waals surface area contributed by atoms with Crippen LogP contribution in [0.25, 0.3) is 0 Å². The molecule has 17 heavy (non-hydrogen) atoms. The number of amides is 1. The van der Waals surface area contributed by atoms with E-state index in [0.29, 0.717) is 6.54 Å². The Morgan fingerprint density at radius 1 is 1.59 bits per heavy atom. The molecule has 1 amide bonds. The zero-order valence-corrected chi connectivity index (χ0v) is 10.5. The maximum atomic E-state index is 11.4. The van der Waals surface area contributed by atoms with Crippen LogP contribution in [0.1, 0.15) is 25.4 Å². The van der Waals surface area contributed by atoms with E-state index in [0.717, 1.165) is 11.5 Å². The highest BCUT2D eigenvalue weighted by atomic mass is 16.3. The van der Waals surface area contributed by atoms with Gasteiger partial charge in [0.05, 0.1) is 6.61 Å². The first kappa shape index (κ1) is 13.7. The number of aliphatic hydroxyl groups is 1. The molecule has 96 valence electrons. The summed E-state index contributed by atoms with van der Waals surface area (Å²) in [5.41, 5.74) is 5.10. The molecule has 0 bridgehead atoms. The van der Waals surface area contributed by atoms with E-state index >= 15 is 0 Å². The summed E-state index contributed by atoms with van der Waals surface area (Å²) in [5, 5.41) is 11.4. The number of nitrogens with two attached hydrogens (primary N) is 1.